The highest BCUT2D eigenvalue weighted by molar-refractivity contribution is 5.77. The van der Waals surface area contributed by atoms with E-state index in [1.807, 2.05) is 25.7 Å². The van der Waals surface area contributed by atoms with Crippen molar-refractivity contribution < 1.29 is 19.4 Å². The molecule has 0 aromatic carbocycles. The standard InChI is InChI=1S/C30H58N2O4.C2H6/c1-3-5-6-7-8-9-10-11-12-13-14-15-16-22-29(34)31-27(25-33)20-17-18-23-30(35)32-24-19-21-28(32)26-36-4-2;1-2/h27-28,33H,3-26H2,1-2H3,(H,31,34);1-2H3. The Hall–Kier alpha value is -1.14. The van der Waals surface area contributed by atoms with Crippen LogP contribution in [0.3, 0.4) is 0 Å². The van der Waals surface area contributed by atoms with E-state index >= 15 is 0 Å². The molecule has 2 atom stereocenters. The summed E-state index contributed by atoms with van der Waals surface area (Å²) in [6, 6.07) is 0.0269. The molecule has 2 amide bonds. The largest absolute Gasteiger partial charge is 0.394 e. The van der Waals surface area contributed by atoms with Gasteiger partial charge in [-0.25, -0.2) is 0 Å². The zero-order chi connectivity index (χ0) is 28.3. The normalized spacial score (nSPS) is 15.7. The maximum atomic E-state index is 12.6. The number of carbonyl (C=O) groups is 2. The molecule has 1 aliphatic rings. The molecule has 1 aliphatic heterocycles. The first-order chi connectivity index (χ1) is 18.6. The van der Waals surface area contributed by atoms with E-state index in [2.05, 4.69) is 12.2 Å². The molecule has 0 bridgehead atoms. The van der Waals surface area contributed by atoms with E-state index in [0.717, 1.165) is 51.5 Å². The van der Waals surface area contributed by atoms with Crippen molar-refractivity contribution in [3.05, 3.63) is 0 Å². The summed E-state index contributed by atoms with van der Waals surface area (Å²) in [6.45, 7) is 10.4. The lowest BCUT2D eigenvalue weighted by molar-refractivity contribution is -0.133. The van der Waals surface area contributed by atoms with Crippen molar-refractivity contribution in [2.45, 2.75) is 168 Å². The van der Waals surface area contributed by atoms with Crippen LogP contribution in [0.1, 0.15) is 156 Å². The Kier molecular flexibility index (Phi) is 26.6. The average Bonchev–Trinajstić information content (AvgIpc) is 3.41. The quantitative estimate of drug-likeness (QED) is 0.124. The van der Waals surface area contributed by atoms with Crippen LogP contribution in [0.25, 0.3) is 0 Å². The number of carbonyl (C=O) groups excluding carboxylic acids is 2. The fourth-order valence-electron chi connectivity index (χ4n) is 5.21. The molecule has 1 rings (SSSR count). The molecule has 0 saturated carbocycles. The van der Waals surface area contributed by atoms with Crippen LogP contribution in [0.5, 0.6) is 0 Å². The van der Waals surface area contributed by atoms with E-state index < -0.39 is 0 Å². The van der Waals surface area contributed by atoms with Crippen LogP contribution in [0.4, 0.5) is 0 Å². The van der Waals surface area contributed by atoms with Gasteiger partial charge >= 0.3 is 0 Å². The SMILES string of the molecule is CC.CCCCCCCCCCCCCCCC(=O)NC(CO)CCCCC(=O)N1CCCC1COCC. The lowest BCUT2D eigenvalue weighted by Crippen LogP contribution is -2.38. The molecule has 6 heteroatoms. The Morgan fingerprint density at radius 3 is 1.95 bits per heavy atom. The van der Waals surface area contributed by atoms with Gasteiger partial charge in [0, 0.05) is 26.0 Å². The summed E-state index contributed by atoms with van der Waals surface area (Å²) in [5.41, 5.74) is 0. The van der Waals surface area contributed by atoms with Crippen molar-refractivity contribution in [1.29, 1.82) is 0 Å². The third-order valence-corrected chi connectivity index (χ3v) is 7.50. The smallest absolute Gasteiger partial charge is 0.222 e. The maximum Gasteiger partial charge on any atom is 0.222 e. The van der Waals surface area contributed by atoms with Crippen molar-refractivity contribution in [3.63, 3.8) is 0 Å². The minimum Gasteiger partial charge on any atom is -0.394 e. The number of amides is 2. The van der Waals surface area contributed by atoms with E-state index in [1.165, 1.54) is 70.6 Å². The number of hydrogen-bond acceptors (Lipinski definition) is 4. The van der Waals surface area contributed by atoms with E-state index in [4.69, 9.17) is 4.74 Å². The third kappa shape index (κ3) is 19.9. The minimum atomic E-state index is -0.202. The molecule has 2 unspecified atom stereocenters. The summed E-state index contributed by atoms with van der Waals surface area (Å²) in [7, 11) is 0. The van der Waals surface area contributed by atoms with Crippen molar-refractivity contribution in [1.82, 2.24) is 10.2 Å². The highest BCUT2D eigenvalue weighted by Gasteiger charge is 2.28. The molecular formula is C32H64N2O4. The van der Waals surface area contributed by atoms with Gasteiger partial charge in [0.25, 0.3) is 0 Å². The van der Waals surface area contributed by atoms with Gasteiger partial charge in [-0.1, -0.05) is 104 Å². The highest BCUT2D eigenvalue weighted by atomic mass is 16.5. The van der Waals surface area contributed by atoms with Crippen molar-refractivity contribution in [3.8, 4) is 0 Å². The number of hydrogen-bond donors (Lipinski definition) is 2. The Morgan fingerprint density at radius 1 is 0.842 bits per heavy atom. The summed E-state index contributed by atoms with van der Waals surface area (Å²) >= 11 is 0. The molecule has 0 aliphatic carbocycles. The van der Waals surface area contributed by atoms with Gasteiger partial charge in [-0.3, -0.25) is 9.59 Å². The predicted molar refractivity (Wildman–Crippen MR) is 160 cm³/mol. The van der Waals surface area contributed by atoms with Crippen LogP contribution < -0.4 is 5.32 Å². The first-order valence-electron chi connectivity index (χ1n) is 16.4. The topological polar surface area (TPSA) is 78.9 Å². The second-order valence-corrected chi connectivity index (χ2v) is 10.7. The number of ether oxygens (including phenoxy) is 1. The lowest BCUT2D eigenvalue weighted by Gasteiger charge is -2.24. The zero-order valence-electron chi connectivity index (χ0n) is 25.7. The van der Waals surface area contributed by atoms with Gasteiger partial charge in [0.2, 0.25) is 11.8 Å². The summed E-state index contributed by atoms with van der Waals surface area (Å²) in [6.07, 6.45) is 22.4. The number of unbranched alkanes of at least 4 members (excludes halogenated alkanes) is 13. The number of aliphatic hydroxyl groups excluding tert-OH is 1. The predicted octanol–water partition coefficient (Wildman–Crippen LogP) is 7.56. The lowest BCUT2D eigenvalue weighted by atomic mass is 10.0. The van der Waals surface area contributed by atoms with E-state index in [1.54, 1.807) is 0 Å². The van der Waals surface area contributed by atoms with Gasteiger partial charge < -0.3 is 20.1 Å². The van der Waals surface area contributed by atoms with E-state index in [0.29, 0.717) is 26.1 Å². The van der Waals surface area contributed by atoms with E-state index in [9.17, 15) is 14.7 Å². The molecule has 38 heavy (non-hydrogen) atoms. The zero-order valence-corrected chi connectivity index (χ0v) is 25.7. The number of rotatable bonds is 24. The Labute approximate surface area is 236 Å². The fourth-order valence-corrected chi connectivity index (χ4v) is 5.21. The molecule has 0 radical (unpaired) electrons. The Morgan fingerprint density at radius 2 is 1.39 bits per heavy atom. The minimum absolute atomic E-state index is 0.0408. The molecule has 0 aromatic heterocycles. The van der Waals surface area contributed by atoms with Crippen molar-refractivity contribution >= 4 is 11.8 Å². The molecular weight excluding hydrogens is 476 g/mol. The van der Waals surface area contributed by atoms with Crippen LogP contribution in [0.2, 0.25) is 0 Å². The molecule has 1 saturated heterocycles. The van der Waals surface area contributed by atoms with Crippen LogP contribution in [-0.4, -0.2) is 60.3 Å². The molecule has 2 N–H and O–H groups in total. The fraction of sp³-hybridized carbons (Fsp3) is 0.938. The van der Waals surface area contributed by atoms with Crippen LogP contribution in [0.15, 0.2) is 0 Å². The van der Waals surface area contributed by atoms with Gasteiger partial charge in [-0.15, -0.1) is 0 Å². The average molecular weight is 541 g/mol. The molecule has 1 fully saturated rings. The van der Waals surface area contributed by atoms with Gasteiger partial charge in [0.05, 0.1) is 25.3 Å². The number of likely N-dealkylation sites (tertiary alicyclic amines) is 1. The number of aliphatic hydroxyl groups is 1. The second-order valence-electron chi connectivity index (χ2n) is 10.7. The molecule has 6 nitrogen and oxygen atoms in total. The first kappa shape index (κ1) is 36.9. The van der Waals surface area contributed by atoms with Crippen LogP contribution in [0, 0.1) is 0 Å². The van der Waals surface area contributed by atoms with Crippen molar-refractivity contribution in [2.75, 3.05) is 26.4 Å². The van der Waals surface area contributed by atoms with Gasteiger partial charge in [0.15, 0.2) is 0 Å². The summed E-state index contributed by atoms with van der Waals surface area (Å²) in [5.74, 6) is 0.258. The van der Waals surface area contributed by atoms with Gasteiger partial charge in [0.1, 0.15) is 0 Å². The monoisotopic (exact) mass is 540 g/mol. The third-order valence-electron chi connectivity index (χ3n) is 7.50. The number of nitrogens with zero attached hydrogens (tertiary/aromatic N) is 1. The van der Waals surface area contributed by atoms with Crippen molar-refractivity contribution in [2.24, 2.45) is 0 Å². The van der Waals surface area contributed by atoms with E-state index in [-0.39, 0.29) is 30.5 Å². The summed E-state index contributed by atoms with van der Waals surface area (Å²) in [4.78, 5) is 26.8. The Balaban J connectivity index is 0.00000667. The molecule has 1 heterocycles. The van der Waals surface area contributed by atoms with Crippen LogP contribution >= 0.6 is 0 Å². The highest BCUT2D eigenvalue weighted by Crippen LogP contribution is 2.20. The number of nitrogens with one attached hydrogen (secondary N) is 1. The Bertz CT molecular complexity index is 544. The summed E-state index contributed by atoms with van der Waals surface area (Å²) in [5, 5.41) is 12.6. The van der Waals surface area contributed by atoms with Gasteiger partial charge in [-0.2, -0.15) is 0 Å². The molecule has 0 aromatic rings. The second kappa shape index (κ2) is 27.4. The van der Waals surface area contributed by atoms with Gasteiger partial charge in [-0.05, 0) is 39.0 Å². The molecule has 0 spiro atoms. The summed E-state index contributed by atoms with van der Waals surface area (Å²) < 4.78 is 5.52. The molecule has 226 valence electrons. The maximum absolute atomic E-state index is 12.6. The van der Waals surface area contributed by atoms with Crippen LogP contribution in [-0.2, 0) is 14.3 Å². The first-order valence-corrected chi connectivity index (χ1v) is 16.4.